The van der Waals surface area contributed by atoms with Crippen molar-refractivity contribution in [1.82, 2.24) is 9.88 Å². The number of aromatic nitrogens is 1. The third kappa shape index (κ3) is 3.48. The van der Waals surface area contributed by atoms with Crippen LogP contribution in [-0.4, -0.2) is 54.1 Å². The van der Waals surface area contributed by atoms with Crippen molar-refractivity contribution in [3.8, 4) is 5.75 Å². The quantitative estimate of drug-likeness (QED) is 0.469. The number of hydrogen-bond donors (Lipinski definition) is 1. The predicted octanol–water partition coefficient (Wildman–Crippen LogP) is 2.47. The molecule has 1 fully saturated rings. The number of ketones is 1. The fraction of sp³-hybridized carbons (Fsp3) is 0.286. The Morgan fingerprint density at radius 1 is 1.25 bits per heavy atom. The van der Waals surface area contributed by atoms with Gasteiger partial charge in [-0.05, 0) is 42.3 Å². The van der Waals surface area contributed by atoms with Crippen LogP contribution in [0.1, 0.15) is 22.7 Å². The Morgan fingerprint density at radius 2 is 2.04 bits per heavy atom. The number of methoxy groups -OCH3 is 2. The number of ether oxygens (including phenoxy) is 2. The zero-order valence-corrected chi connectivity index (χ0v) is 16.0. The van der Waals surface area contributed by atoms with Gasteiger partial charge in [0.15, 0.2) is 0 Å². The first kappa shape index (κ1) is 19.6. The molecule has 1 aromatic heterocycles. The van der Waals surface area contributed by atoms with Crippen LogP contribution in [0.4, 0.5) is 0 Å². The minimum Gasteiger partial charge on any atom is -0.507 e. The molecular weight excluding hydrogens is 360 g/mol. The lowest BCUT2D eigenvalue weighted by molar-refractivity contribution is -0.140. The molecule has 1 atom stereocenters. The Bertz CT molecular complexity index is 924. The summed E-state index contributed by atoms with van der Waals surface area (Å²) in [7, 11) is 3.08. The van der Waals surface area contributed by atoms with Crippen LogP contribution >= 0.6 is 0 Å². The molecule has 2 aromatic rings. The third-order valence-corrected chi connectivity index (χ3v) is 4.77. The van der Waals surface area contributed by atoms with Crippen molar-refractivity contribution in [3.63, 3.8) is 0 Å². The first-order valence-corrected chi connectivity index (χ1v) is 8.81. The van der Waals surface area contributed by atoms with E-state index in [0.717, 1.165) is 5.56 Å². The first-order chi connectivity index (χ1) is 13.5. The number of likely N-dealkylation sites (tertiary alicyclic amines) is 1. The summed E-state index contributed by atoms with van der Waals surface area (Å²) in [5.74, 6) is -0.970. The van der Waals surface area contributed by atoms with E-state index in [1.807, 2.05) is 0 Å². The zero-order valence-electron chi connectivity index (χ0n) is 16.0. The highest BCUT2D eigenvalue weighted by Gasteiger charge is 2.46. The second-order valence-corrected chi connectivity index (χ2v) is 6.45. The second-order valence-electron chi connectivity index (χ2n) is 6.45. The molecule has 0 spiro atoms. The largest absolute Gasteiger partial charge is 0.507 e. The second kappa shape index (κ2) is 8.22. The molecule has 0 saturated carbocycles. The SMILES string of the molecule is COCCN1C(=O)C(=O)C(=C(O)c2ccc(OC)cc2C)[C@@H]1c1cccnc1. The Balaban J connectivity index is 2.16. The fourth-order valence-corrected chi connectivity index (χ4v) is 3.36. The third-order valence-electron chi connectivity index (χ3n) is 4.77. The van der Waals surface area contributed by atoms with Crippen LogP contribution < -0.4 is 4.74 Å². The van der Waals surface area contributed by atoms with E-state index in [1.54, 1.807) is 56.8 Å². The summed E-state index contributed by atoms with van der Waals surface area (Å²) in [5.41, 5.74) is 1.89. The van der Waals surface area contributed by atoms with Crippen molar-refractivity contribution in [3.05, 3.63) is 65.0 Å². The average molecular weight is 382 g/mol. The van der Waals surface area contributed by atoms with Crippen molar-refractivity contribution < 1.29 is 24.2 Å². The van der Waals surface area contributed by atoms with E-state index in [9.17, 15) is 14.7 Å². The van der Waals surface area contributed by atoms with Gasteiger partial charge in [-0.25, -0.2) is 0 Å². The van der Waals surface area contributed by atoms with Gasteiger partial charge in [0.05, 0.1) is 25.3 Å². The van der Waals surface area contributed by atoms with Crippen LogP contribution in [0, 0.1) is 6.92 Å². The van der Waals surface area contributed by atoms with Crippen LogP contribution in [0.25, 0.3) is 5.76 Å². The highest BCUT2D eigenvalue weighted by atomic mass is 16.5. The van der Waals surface area contributed by atoms with Crippen molar-refractivity contribution in [2.45, 2.75) is 13.0 Å². The van der Waals surface area contributed by atoms with Gasteiger partial charge in [0.25, 0.3) is 11.7 Å². The minimum absolute atomic E-state index is 0.0439. The van der Waals surface area contributed by atoms with E-state index in [0.29, 0.717) is 16.9 Å². The minimum atomic E-state index is -0.731. The predicted molar refractivity (Wildman–Crippen MR) is 103 cm³/mol. The van der Waals surface area contributed by atoms with E-state index >= 15 is 0 Å². The van der Waals surface area contributed by atoms with Gasteiger partial charge in [-0.2, -0.15) is 0 Å². The molecule has 0 radical (unpaired) electrons. The number of hydrogen-bond acceptors (Lipinski definition) is 6. The number of carbonyl (C=O) groups is 2. The Kier molecular flexibility index (Phi) is 5.75. The van der Waals surface area contributed by atoms with Gasteiger partial charge >= 0.3 is 0 Å². The van der Waals surface area contributed by atoms with Crippen molar-refractivity contribution in [2.24, 2.45) is 0 Å². The van der Waals surface area contributed by atoms with Crippen LogP contribution in [0.2, 0.25) is 0 Å². The maximum atomic E-state index is 12.8. The van der Waals surface area contributed by atoms with Gasteiger partial charge in [-0.15, -0.1) is 0 Å². The van der Waals surface area contributed by atoms with E-state index < -0.39 is 17.7 Å². The standard InChI is InChI=1S/C21H22N2O5/c1-13-11-15(28-3)6-7-16(13)19(24)17-18(14-5-4-8-22-12-14)23(9-10-27-2)21(26)20(17)25/h4-8,11-12,18,24H,9-10H2,1-3H3/t18-/m0/s1. The van der Waals surface area contributed by atoms with Crippen LogP contribution in [-0.2, 0) is 14.3 Å². The number of carbonyl (C=O) groups excluding carboxylic acids is 2. The monoisotopic (exact) mass is 382 g/mol. The number of aryl methyl sites for hydroxylation is 1. The number of aliphatic hydroxyl groups excluding tert-OH is 1. The summed E-state index contributed by atoms with van der Waals surface area (Å²) in [5, 5.41) is 11.0. The van der Waals surface area contributed by atoms with Crippen molar-refractivity contribution in [2.75, 3.05) is 27.4 Å². The first-order valence-electron chi connectivity index (χ1n) is 8.81. The molecule has 1 amide bonds. The fourth-order valence-electron chi connectivity index (χ4n) is 3.36. The molecule has 1 aromatic carbocycles. The smallest absolute Gasteiger partial charge is 0.295 e. The molecule has 0 bridgehead atoms. The van der Waals surface area contributed by atoms with Crippen LogP contribution in [0.3, 0.4) is 0 Å². The highest BCUT2D eigenvalue weighted by molar-refractivity contribution is 6.46. The number of rotatable bonds is 6. The lowest BCUT2D eigenvalue weighted by Crippen LogP contribution is -2.32. The van der Waals surface area contributed by atoms with E-state index in [2.05, 4.69) is 4.98 Å². The molecule has 1 N–H and O–H groups in total. The summed E-state index contributed by atoms with van der Waals surface area (Å²) in [4.78, 5) is 31.0. The molecule has 146 valence electrons. The van der Waals surface area contributed by atoms with Gasteiger partial charge in [0, 0.05) is 31.6 Å². The number of pyridine rings is 1. The highest BCUT2D eigenvalue weighted by Crippen LogP contribution is 2.39. The van der Waals surface area contributed by atoms with Gasteiger partial charge in [-0.3, -0.25) is 14.6 Å². The molecule has 28 heavy (non-hydrogen) atoms. The van der Waals surface area contributed by atoms with E-state index in [4.69, 9.17) is 9.47 Å². The van der Waals surface area contributed by atoms with Crippen LogP contribution in [0.15, 0.2) is 48.3 Å². The number of nitrogens with zero attached hydrogens (tertiary/aromatic N) is 2. The molecule has 0 aliphatic carbocycles. The summed E-state index contributed by atoms with van der Waals surface area (Å²) in [6.45, 7) is 2.29. The lowest BCUT2D eigenvalue weighted by Gasteiger charge is -2.24. The van der Waals surface area contributed by atoms with Gasteiger partial charge in [0.2, 0.25) is 0 Å². The summed E-state index contributed by atoms with van der Waals surface area (Å²) in [6.07, 6.45) is 3.20. The number of benzene rings is 1. The molecule has 3 rings (SSSR count). The topological polar surface area (TPSA) is 89.0 Å². The molecule has 2 heterocycles. The number of aliphatic hydroxyl groups is 1. The maximum Gasteiger partial charge on any atom is 0.295 e. The molecule has 7 heteroatoms. The average Bonchev–Trinajstić information content (AvgIpc) is 2.97. The zero-order chi connectivity index (χ0) is 20.3. The molecule has 0 unspecified atom stereocenters. The molecule has 7 nitrogen and oxygen atoms in total. The molecule has 1 aliphatic rings. The maximum absolute atomic E-state index is 12.8. The normalized spacial score (nSPS) is 18.5. The number of amides is 1. The molecule has 1 aliphatic heterocycles. The van der Waals surface area contributed by atoms with Crippen molar-refractivity contribution >= 4 is 17.4 Å². The van der Waals surface area contributed by atoms with Gasteiger partial charge < -0.3 is 19.5 Å². The summed E-state index contributed by atoms with van der Waals surface area (Å²) >= 11 is 0. The van der Waals surface area contributed by atoms with Gasteiger partial charge in [0.1, 0.15) is 11.5 Å². The van der Waals surface area contributed by atoms with E-state index in [1.165, 1.54) is 12.0 Å². The van der Waals surface area contributed by atoms with E-state index in [-0.39, 0.29) is 24.5 Å². The van der Waals surface area contributed by atoms with Crippen LogP contribution in [0.5, 0.6) is 5.75 Å². The molecule has 1 saturated heterocycles. The van der Waals surface area contributed by atoms with Gasteiger partial charge in [-0.1, -0.05) is 6.07 Å². The lowest BCUT2D eigenvalue weighted by atomic mass is 9.94. The summed E-state index contributed by atoms with van der Waals surface area (Å²) in [6, 6.07) is 7.90. The Hall–Kier alpha value is -3.19. The summed E-state index contributed by atoms with van der Waals surface area (Å²) < 4.78 is 10.3. The van der Waals surface area contributed by atoms with Crippen molar-refractivity contribution in [1.29, 1.82) is 0 Å². The Labute approximate surface area is 163 Å². The Morgan fingerprint density at radius 3 is 2.64 bits per heavy atom. The molecular formula is C21H22N2O5. The number of Topliss-reactive ketones (excluding diaryl/α,β-unsaturated/α-hetero) is 1.